The van der Waals surface area contributed by atoms with Gasteiger partial charge in [0.25, 0.3) is 0 Å². The number of hydrogen-bond acceptors (Lipinski definition) is 24. The third-order valence-corrected chi connectivity index (χ3v) is 24.9. The topological polar surface area (TPSA) is 661 Å². The number of methoxy groups -OCH3 is 1. The number of amides is 16. The van der Waals surface area contributed by atoms with Gasteiger partial charge in [0.05, 0.1) is 38.4 Å². The van der Waals surface area contributed by atoms with Crippen LogP contribution in [0, 0.1) is 0 Å². The van der Waals surface area contributed by atoms with E-state index in [9.17, 15) is 78.0 Å². The van der Waals surface area contributed by atoms with Gasteiger partial charge in [0.2, 0.25) is 94.5 Å². The van der Waals surface area contributed by atoms with E-state index in [4.69, 9.17) is 21.9 Å². The Hall–Kier alpha value is -13.3. The number of primary amides is 1. The van der Waals surface area contributed by atoms with Gasteiger partial charge in [0, 0.05) is 113 Å². The van der Waals surface area contributed by atoms with Gasteiger partial charge in [-0.15, -0.1) is 11.8 Å². The summed E-state index contributed by atoms with van der Waals surface area (Å²) in [6.07, 6.45) is -1.87. The van der Waals surface area contributed by atoms with Crippen LogP contribution in [0.15, 0.2) is 85.2 Å². The van der Waals surface area contributed by atoms with Crippen molar-refractivity contribution in [3.05, 3.63) is 102 Å². The van der Waals surface area contributed by atoms with Gasteiger partial charge < -0.3 is 130 Å². The number of carboxylic acid groups (broad SMARTS) is 3. The van der Waals surface area contributed by atoms with Gasteiger partial charge in [-0.05, 0) is 106 Å². The van der Waals surface area contributed by atoms with Crippen molar-refractivity contribution in [3.8, 4) is 5.75 Å². The lowest BCUT2D eigenvalue weighted by Crippen LogP contribution is -2.61. The number of thioether (sulfide) groups is 1. The van der Waals surface area contributed by atoms with Gasteiger partial charge in [-0.1, -0.05) is 88.1 Å². The van der Waals surface area contributed by atoms with Crippen molar-refractivity contribution < 1.29 is 116 Å². The van der Waals surface area contributed by atoms with Crippen molar-refractivity contribution in [3.63, 3.8) is 0 Å². The molecule has 44 nitrogen and oxygen atoms in total. The quantitative estimate of drug-likeness (QED) is 0.0224. The zero-order chi connectivity index (χ0) is 98.3. The molecule has 0 aliphatic carbocycles. The van der Waals surface area contributed by atoms with Gasteiger partial charge in [0.1, 0.15) is 90.3 Å². The minimum Gasteiger partial charge on any atom is -0.497 e. The number of aromatic nitrogens is 2. The predicted octanol–water partition coefficient (Wildman–Crippen LogP) is -2.87. The molecule has 730 valence electrons. The maximum absolute atomic E-state index is 15.8. The SMILES string of the molecule is CCCC[C@H]1C(=O)N(C)[C@@H](CCCC)C(=O)N[C@@H](CCC(=O)O)C(=O)N[C@H](C(=O)NCC(N)=O)CSCC(=O)N[C@@H](Cc2ccc(OC)cc2)C(=O)N(C)[C@@H](C)C(=O)N[C@@H](CC(=O)O)C(=O)N2CCC[C@H]2C(=O)N[C@@H](CN)C(=O)N[C@@H](CCCCN)C(=O)N2C[C@H](O)C[C@H]2C(=O)N[C@@H](Cc2c[nH]c3ccccc23)C(=O)N[C@@H](CC(=O)O)C(=O)N[C@@H](Cc2c[nH]c3ccccc23)C(=O)N1C. The molecule has 8 rings (SSSR count). The van der Waals surface area contributed by atoms with Gasteiger partial charge >= 0.3 is 17.9 Å². The maximum atomic E-state index is 15.8. The van der Waals surface area contributed by atoms with Gasteiger partial charge in [-0.25, -0.2) is 0 Å². The molecule has 16 amide bonds. The van der Waals surface area contributed by atoms with Crippen molar-refractivity contribution in [2.45, 2.75) is 233 Å². The molecule has 134 heavy (non-hydrogen) atoms. The molecular formula is C89H124N20O24S. The van der Waals surface area contributed by atoms with E-state index < -0.39 is 273 Å². The van der Waals surface area contributed by atoms with E-state index >= 15 is 33.6 Å². The van der Waals surface area contributed by atoms with Crippen LogP contribution in [0.4, 0.5) is 0 Å². The number of likely N-dealkylation sites (N-methyl/N-ethyl adjacent to an activating group) is 3. The van der Waals surface area contributed by atoms with Crippen LogP contribution in [0.25, 0.3) is 21.8 Å². The summed E-state index contributed by atoms with van der Waals surface area (Å²) in [5.41, 5.74) is 19.9. The number of fused-ring (bicyclic) bond motifs is 4. The molecule has 3 aliphatic rings. The van der Waals surface area contributed by atoms with Gasteiger partial charge in [-0.3, -0.25) is 91.1 Å². The van der Waals surface area contributed by atoms with E-state index in [-0.39, 0.29) is 77.3 Å². The fourth-order valence-electron chi connectivity index (χ4n) is 16.3. The lowest BCUT2D eigenvalue weighted by molar-refractivity contribution is -0.149. The van der Waals surface area contributed by atoms with Crippen molar-refractivity contribution in [1.82, 2.24) is 87.6 Å². The Labute approximate surface area is 777 Å². The van der Waals surface area contributed by atoms with Crippen molar-refractivity contribution in [2.75, 3.05) is 72.5 Å². The molecule has 0 spiro atoms. The molecule has 0 radical (unpaired) electrons. The third-order valence-electron chi connectivity index (χ3n) is 23.9. The Kier molecular flexibility index (Phi) is 40.4. The average Bonchev–Trinajstić information content (AvgIpc) is 1.39. The first-order valence-corrected chi connectivity index (χ1v) is 45.7. The van der Waals surface area contributed by atoms with E-state index in [1.165, 1.54) is 41.4 Å². The molecule has 0 bridgehead atoms. The zero-order valence-electron chi connectivity index (χ0n) is 76.0. The summed E-state index contributed by atoms with van der Waals surface area (Å²) >= 11 is 0.703. The molecule has 3 saturated heterocycles. The number of para-hydroxylation sites is 2. The maximum Gasteiger partial charge on any atom is 0.305 e. The second kappa shape index (κ2) is 51.1. The number of carbonyl (C=O) groups is 19. The molecule has 3 fully saturated rings. The number of nitrogens with zero attached hydrogens (tertiary/aromatic N) is 5. The molecule has 45 heteroatoms. The monoisotopic (exact) mass is 1890 g/mol. The molecule has 0 saturated carbocycles. The first kappa shape index (κ1) is 106. The van der Waals surface area contributed by atoms with Crippen LogP contribution in [-0.2, 0) is 110 Å². The number of rotatable bonds is 28. The van der Waals surface area contributed by atoms with Gasteiger partial charge in [0.15, 0.2) is 0 Å². The summed E-state index contributed by atoms with van der Waals surface area (Å²) in [7, 11) is 5.13. The summed E-state index contributed by atoms with van der Waals surface area (Å²) < 4.78 is 5.31. The number of aliphatic hydroxyl groups excluding tert-OH is 1. The number of benzene rings is 3. The summed E-state index contributed by atoms with van der Waals surface area (Å²) in [5, 5.41) is 68.6. The lowest BCUT2D eigenvalue weighted by Gasteiger charge is -2.36. The normalized spacial score (nSPS) is 24.8. The lowest BCUT2D eigenvalue weighted by atomic mass is 9.99. The number of hydrogen-bond donors (Lipinski definition) is 19. The zero-order valence-corrected chi connectivity index (χ0v) is 76.8. The molecule has 5 heterocycles. The number of nitrogens with one attached hydrogen (secondary N) is 12. The second-order valence-corrected chi connectivity index (χ2v) is 34.6. The van der Waals surface area contributed by atoms with Gasteiger partial charge in [-0.2, -0.15) is 0 Å². The van der Waals surface area contributed by atoms with E-state index in [0.717, 1.165) is 24.5 Å². The minimum atomic E-state index is -2.08. The highest BCUT2D eigenvalue weighted by atomic mass is 32.2. The Morgan fingerprint density at radius 3 is 1.62 bits per heavy atom. The molecule has 2 aromatic heterocycles. The fraction of sp³-hybridized carbons (Fsp3) is 0.539. The number of nitrogens with two attached hydrogens (primary N) is 3. The number of carboxylic acids is 3. The Balaban J connectivity index is 1.20. The molecular weight excluding hydrogens is 1770 g/mol. The highest BCUT2D eigenvalue weighted by Gasteiger charge is 2.47. The van der Waals surface area contributed by atoms with Crippen LogP contribution in [0.3, 0.4) is 0 Å². The molecule has 3 aromatic carbocycles. The first-order valence-electron chi connectivity index (χ1n) is 44.6. The number of unbranched alkanes of at least 4 members (excludes halogenated alkanes) is 3. The standard InChI is InChI=1S/C89H124N20O24S/c1-8-10-24-67-82(125)97-58(31-32-73(113)114)78(121)104-66(77(120)95-44-71(92)111)46-134-47-72(112)96-62(35-49-27-29-53(133-7)30-28-49)85(128)105(4)48(3)76(119)101-64(40-75(117)118)88(131)108-34-18-26-68(108)83(126)103-65(41-91)81(124)98-59(23-16-17-33-90)87(130)109-45-52(110)38-70(109)84(127)100-60(36-50-42-93-56-21-14-12-19-54(50)56)79(122)99-61(39-74(115)116)80(123)102-63(37-51-43-94-57-22-15-13-20-55(51)57)86(129)107(6)69(25-11-9-2)89(132)106(67)5/h12-15,19-22,27-30,42-43,48,52,58-70,93-94,110H,8-11,16-18,23-26,31-41,44-47,90-91H2,1-7H3,(H2,92,111)(H,95,120)(H,96,112)(H,97,125)(H,98,124)(H,99,122)(H,100,127)(H,101,119)(H,102,123)(H,103,126)(H,104,121)(H,113,114)(H,115,116)(H,117,118)/t48-,52+,58-,59-,60-,61-,62-,63-,64-,65-,66-,67-,68-,69-,70-/m0/s1. The second-order valence-electron chi connectivity index (χ2n) is 33.6. The van der Waals surface area contributed by atoms with Crippen LogP contribution in [-0.4, -0.2) is 330 Å². The first-order chi connectivity index (χ1) is 63.8. The van der Waals surface area contributed by atoms with Crippen LogP contribution < -0.4 is 75.1 Å². The number of H-pyrrole nitrogens is 2. The van der Waals surface area contributed by atoms with Crippen molar-refractivity contribution in [1.29, 1.82) is 0 Å². The average molecular weight is 1890 g/mol. The summed E-state index contributed by atoms with van der Waals surface area (Å²) in [5.74, 6) is -21.9. The largest absolute Gasteiger partial charge is 0.497 e. The molecule has 5 aromatic rings. The third kappa shape index (κ3) is 29.6. The Morgan fingerprint density at radius 2 is 1.02 bits per heavy atom. The highest BCUT2D eigenvalue weighted by Crippen LogP contribution is 2.28. The number of ether oxygens (including phenoxy) is 1. The van der Waals surface area contributed by atoms with Crippen LogP contribution >= 0.6 is 11.8 Å². The number of aliphatic hydroxyl groups is 1. The van der Waals surface area contributed by atoms with Crippen molar-refractivity contribution in [2.24, 2.45) is 17.2 Å². The molecule has 3 aliphatic heterocycles. The number of aromatic amines is 2. The van der Waals surface area contributed by atoms with Crippen molar-refractivity contribution >= 4 is 146 Å². The molecule has 22 N–H and O–H groups in total. The summed E-state index contributed by atoms with van der Waals surface area (Å²) in [6.45, 7) is 2.81. The Bertz CT molecular complexity index is 5050. The molecule has 15 atom stereocenters. The number of aliphatic carboxylic acids is 3. The van der Waals surface area contributed by atoms with E-state index in [1.807, 2.05) is 0 Å². The van der Waals surface area contributed by atoms with Crippen LogP contribution in [0.1, 0.15) is 140 Å². The predicted molar refractivity (Wildman–Crippen MR) is 486 cm³/mol. The summed E-state index contributed by atoms with van der Waals surface area (Å²) in [6, 6.07) is -3.35. The molecule has 0 unspecified atom stereocenters. The summed E-state index contributed by atoms with van der Waals surface area (Å²) in [4.78, 5) is 285. The highest BCUT2D eigenvalue weighted by molar-refractivity contribution is 8.00. The number of carbonyl (C=O) groups excluding carboxylic acids is 16. The smallest absolute Gasteiger partial charge is 0.305 e. The van der Waals surface area contributed by atoms with E-state index in [1.54, 1.807) is 92.8 Å². The van der Waals surface area contributed by atoms with E-state index in [2.05, 4.69) is 63.1 Å². The minimum absolute atomic E-state index is 0.0712. The van der Waals surface area contributed by atoms with E-state index in [0.29, 0.717) is 75.3 Å². The Morgan fingerprint density at radius 1 is 0.507 bits per heavy atom. The van der Waals surface area contributed by atoms with Crippen LogP contribution in [0.5, 0.6) is 5.75 Å². The fourth-order valence-corrected chi connectivity index (χ4v) is 17.1. The van der Waals surface area contributed by atoms with Crippen LogP contribution in [0.2, 0.25) is 0 Å².